The summed E-state index contributed by atoms with van der Waals surface area (Å²) in [5.41, 5.74) is 3.28. The van der Waals surface area contributed by atoms with Crippen molar-refractivity contribution < 1.29 is 4.79 Å². The van der Waals surface area contributed by atoms with E-state index in [4.69, 9.17) is 23.2 Å². The second kappa shape index (κ2) is 7.99. The summed E-state index contributed by atoms with van der Waals surface area (Å²) in [5.74, 6) is -0.445. The fourth-order valence-electron chi connectivity index (χ4n) is 2.69. The van der Waals surface area contributed by atoms with Crippen LogP contribution < -0.4 is 10.9 Å². The Hall–Kier alpha value is -2.56. The maximum Gasteiger partial charge on any atom is 0.263 e. The molecule has 0 atom stereocenters. The highest BCUT2D eigenvalue weighted by atomic mass is 35.5. The van der Waals surface area contributed by atoms with Crippen LogP contribution in [0.5, 0.6) is 0 Å². The van der Waals surface area contributed by atoms with Crippen LogP contribution in [0.25, 0.3) is 0 Å². The van der Waals surface area contributed by atoms with Gasteiger partial charge in [-0.1, -0.05) is 35.3 Å². The second-order valence-corrected chi connectivity index (χ2v) is 7.19. The van der Waals surface area contributed by atoms with E-state index in [1.54, 1.807) is 30.5 Å². The molecule has 0 bridgehead atoms. The lowest BCUT2D eigenvalue weighted by Crippen LogP contribution is -2.29. The van der Waals surface area contributed by atoms with Crippen LogP contribution in [0.2, 0.25) is 10.0 Å². The van der Waals surface area contributed by atoms with E-state index in [1.165, 1.54) is 10.6 Å². The summed E-state index contributed by atoms with van der Waals surface area (Å²) in [6.45, 7) is 4.22. The highest BCUT2D eigenvalue weighted by Crippen LogP contribution is 2.21. The minimum absolute atomic E-state index is 0.0702. The van der Waals surface area contributed by atoms with Crippen LogP contribution in [0, 0.1) is 13.8 Å². The van der Waals surface area contributed by atoms with Crippen LogP contribution in [0.1, 0.15) is 27.0 Å². The third-order valence-corrected chi connectivity index (χ3v) is 4.97. The number of aryl methyl sites for hydroxylation is 2. The van der Waals surface area contributed by atoms with E-state index in [0.717, 1.165) is 16.7 Å². The molecule has 4 nitrogen and oxygen atoms in total. The van der Waals surface area contributed by atoms with Gasteiger partial charge in [0, 0.05) is 21.9 Å². The molecule has 138 valence electrons. The molecule has 0 unspecified atom stereocenters. The van der Waals surface area contributed by atoms with E-state index in [2.05, 4.69) is 5.32 Å². The molecule has 1 amide bonds. The number of anilines is 1. The number of hydrogen-bond acceptors (Lipinski definition) is 2. The maximum atomic E-state index is 12.7. The van der Waals surface area contributed by atoms with Gasteiger partial charge in [-0.25, -0.2) is 0 Å². The van der Waals surface area contributed by atoms with Gasteiger partial charge >= 0.3 is 0 Å². The van der Waals surface area contributed by atoms with Gasteiger partial charge in [-0.2, -0.15) is 0 Å². The lowest BCUT2D eigenvalue weighted by molar-refractivity contribution is 0.102. The van der Waals surface area contributed by atoms with Crippen LogP contribution >= 0.6 is 23.2 Å². The van der Waals surface area contributed by atoms with Crippen molar-refractivity contribution >= 4 is 34.8 Å². The third kappa shape index (κ3) is 4.41. The largest absolute Gasteiger partial charge is 0.322 e. The zero-order valence-electron chi connectivity index (χ0n) is 14.9. The van der Waals surface area contributed by atoms with Gasteiger partial charge in [0.15, 0.2) is 0 Å². The SMILES string of the molecule is Cc1ccc(NC(=O)c2cccn(Cc3ccc(Cl)cc3Cl)c2=O)cc1C. The second-order valence-electron chi connectivity index (χ2n) is 6.34. The summed E-state index contributed by atoms with van der Waals surface area (Å²) in [6.07, 6.45) is 1.63. The summed E-state index contributed by atoms with van der Waals surface area (Å²) >= 11 is 12.1. The molecule has 0 spiro atoms. The van der Waals surface area contributed by atoms with Crippen LogP contribution in [0.4, 0.5) is 5.69 Å². The first kappa shape index (κ1) is 19.2. The lowest BCUT2D eigenvalue weighted by Gasteiger charge is -2.11. The monoisotopic (exact) mass is 400 g/mol. The van der Waals surface area contributed by atoms with Crippen molar-refractivity contribution in [3.05, 3.63) is 97.4 Å². The number of carbonyl (C=O) groups excluding carboxylic acids is 1. The van der Waals surface area contributed by atoms with Crippen LogP contribution in [0.15, 0.2) is 59.5 Å². The van der Waals surface area contributed by atoms with Gasteiger partial charge in [0.05, 0.1) is 6.54 Å². The van der Waals surface area contributed by atoms with Gasteiger partial charge in [0.25, 0.3) is 11.5 Å². The summed E-state index contributed by atoms with van der Waals surface area (Å²) in [5, 5.41) is 3.78. The van der Waals surface area contributed by atoms with Gasteiger partial charge in [-0.15, -0.1) is 0 Å². The average Bonchev–Trinajstić information content (AvgIpc) is 2.62. The van der Waals surface area contributed by atoms with Crippen molar-refractivity contribution in [3.63, 3.8) is 0 Å². The molecular formula is C21H18Cl2N2O2. The lowest BCUT2D eigenvalue weighted by atomic mass is 10.1. The number of nitrogens with zero attached hydrogens (tertiary/aromatic N) is 1. The molecule has 0 fully saturated rings. The Labute approximate surface area is 167 Å². The predicted octanol–water partition coefficient (Wildman–Crippen LogP) is 5.07. The molecule has 0 aliphatic heterocycles. The Morgan fingerprint density at radius 1 is 1.04 bits per heavy atom. The van der Waals surface area contributed by atoms with Crippen molar-refractivity contribution in [1.29, 1.82) is 0 Å². The molecule has 1 aromatic heterocycles. The first-order valence-corrected chi connectivity index (χ1v) is 9.13. The van der Waals surface area contributed by atoms with Gasteiger partial charge in [0.1, 0.15) is 5.56 Å². The normalized spacial score (nSPS) is 10.7. The molecule has 0 aliphatic carbocycles. The molecular weight excluding hydrogens is 383 g/mol. The Morgan fingerprint density at radius 3 is 2.52 bits per heavy atom. The van der Waals surface area contributed by atoms with Gasteiger partial charge in [-0.05, 0) is 66.9 Å². The zero-order chi connectivity index (χ0) is 19.6. The molecule has 27 heavy (non-hydrogen) atoms. The first-order valence-electron chi connectivity index (χ1n) is 8.37. The number of rotatable bonds is 4. The summed E-state index contributed by atoms with van der Waals surface area (Å²) < 4.78 is 1.45. The summed E-state index contributed by atoms with van der Waals surface area (Å²) in [7, 11) is 0. The van der Waals surface area contributed by atoms with E-state index in [9.17, 15) is 9.59 Å². The van der Waals surface area contributed by atoms with Gasteiger partial charge < -0.3 is 9.88 Å². The van der Waals surface area contributed by atoms with E-state index in [0.29, 0.717) is 15.7 Å². The molecule has 0 saturated carbocycles. The van der Waals surface area contributed by atoms with Crippen LogP contribution in [-0.2, 0) is 6.54 Å². The van der Waals surface area contributed by atoms with Gasteiger partial charge in [0.2, 0.25) is 0 Å². The standard InChI is InChI=1S/C21H18Cl2N2O2/c1-13-5-8-17(10-14(13)2)24-20(26)18-4-3-9-25(21(18)27)12-15-6-7-16(22)11-19(15)23/h3-11H,12H2,1-2H3,(H,24,26). The molecule has 2 aromatic carbocycles. The number of aromatic nitrogens is 1. The van der Waals surface area contributed by atoms with Crippen molar-refractivity contribution in [3.8, 4) is 0 Å². The fraction of sp³-hybridized carbons (Fsp3) is 0.143. The van der Waals surface area contributed by atoms with Crippen molar-refractivity contribution in [2.45, 2.75) is 20.4 Å². The molecule has 0 radical (unpaired) electrons. The van der Waals surface area contributed by atoms with E-state index < -0.39 is 5.91 Å². The number of carbonyl (C=O) groups is 1. The van der Waals surface area contributed by atoms with Crippen molar-refractivity contribution in [1.82, 2.24) is 4.57 Å². The Morgan fingerprint density at radius 2 is 1.81 bits per heavy atom. The fourth-order valence-corrected chi connectivity index (χ4v) is 3.15. The van der Waals surface area contributed by atoms with Crippen molar-refractivity contribution in [2.24, 2.45) is 0 Å². The predicted molar refractivity (Wildman–Crippen MR) is 110 cm³/mol. The Balaban J connectivity index is 1.86. The number of benzene rings is 2. The molecule has 3 rings (SSSR count). The Kier molecular flexibility index (Phi) is 5.68. The number of halogens is 2. The van der Waals surface area contributed by atoms with E-state index in [1.807, 2.05) is 32.0 Å². The number of nitrogens with one attached hydrogen (secondary N) is 1. The van der Waals surface area contributed by atoms with E-state index in [-0.39, 0.29) is 17.7 Å². The quantitative estimate of drug-likeness (QED) is 0.664. The molecule has 1 N–H and O–H groups in total. The summed E-state index contributed by atoms with van der Waals surface area (Å²) in [6, 6.07) is 13.9. The minimum atomic E-state index is -0.445. The zero-order valence-corrected chi connectivity index (χ0v) is 16.4. The van der Waals surface area contributed by atoms with E-state index >= 15 is 0 Å². The summed E-state index contributed by atoms with van der Waals surface area (Å²) in [4.78, 5) is 25.3. The minimum Gasteiger partial charge on any atom is -0.322 e. The first-order chi connectivity index (χ1) is 12.8. The van der Waals surface area contributed by atoms with Gasteiger partial charge in [-0.3, -0.25) is 9.59 Å². The number of hydrogen-bond donors (Lipinski definition) is 1. The molecule has 6 heteroatoms. The smallest absolute Gasteiger partial charge is 0.263 e. The van der Waals surface area contributed by atoms with Crippen LogP contribution in [-0.4, -0.2) is 10.5 Å². The van der Waals surface area contributed by atoms with Crippen molar-refractivity contribution in [2.75, 3.05) is 5.32 Å². The Bertz CT molecular complexity index is 1070. The molecule has 0 aliphatic rings. The molecule has 1 heterocycles. The van der Waals surface area contributed by atoms with Crippen LogP contribution in [0.3, 0.4) is 0 Å². The average molecular weight is 401 g/mol. The molecule has 3 aromatic rings. The highest BCUT2D eigenvalue weighted by molar-refractivity contribution is 6.35. The third-order valence-electron chi connectivity index (χ3n) is 4.39. The number of pyridine rings is 1. The topological polar surface area (TPSA) is 51.1 Å². The highest BCUT2D eigenvalue weighted by Gasteiger charge is 2.13. The number of amides is 1. The maximum absolute atomic E-state index is 12.7. The molecule has 0 saturated heterocycles.